The van der Waals surface area contributed by atoms with Crippen molar-refractivity contribution in [3.8, 4) is 0 Å². The Labute approximate surface area is 99.5 Å². The fourth-order valence-electron chi connectivity index (χ4n) is 2.75. The third-order valence-electron chi connectivity index (χ3n) is 3.79. The number of nitrogens with zero attached hydrogens (tertiary/aromatic N) is 1. The number of rotatable bonds is 3. The third-order valence-corrected chi connectivity index (χ3v) is 3.79. The summed E-state index contributed by atoms with van der Waals surface area (Å²) in [6.45, 7) is 8.03. The van der Waals surface area contributed by atoms with Gasteiger partial charge in [-0.1, -0.05) is 6.92 Å². The Hall–Kier alpha value is -0.120. The molecule has 2 atom stereocenters. The summed E-state index contributed by atoms with van der Waals surface area (Å²) in [7, 11) is 0. The van der Waals surface area contributed by atoms with Gasteiger partial charge in [0, 0.05) is 25.7 Å². The zero-order valence-electron chi connectivity index (χ0n) is 10.6. The van der Waals surface area contributed by atoms with Crippen LogP contribution in [0.25, 0.3) is 0 Å². The van der Waals surface area contributed by atoms with Gasteiger partial charge in [-0.15, -0.1) is 0 Å². The average molecular weight is 226 g/mol. The highest BCUT2D eigenvalue weighted by Crippen LogP contribution is 2.15. The van der Waals surface area contributed by atoms with Gasteiger partial charge in [0.05, 0.1) is 6.10 Å². The molecular formula is C13H26N2O. The molecule has 0 aromatic heterocycles. The van der Waals surface area contributed by atoms with Gasteiger partial charge in [0.25, 0.3) is 0 Å². The smallest absolute Gasteiger partial charge is 0.0702 e. The number of hydrogen-bond acceptors (Lipinski definition) is 3. The Balaban J connectivity index is 1.77. The molecule has 0 radical (unpaired) electrons. The quantitative estimate of drug-likeness (QED) is 0.791. The van der Waals surface area contributed by atoms with E-state index in [4.69, 9.17) is 4.74 Å². The second-order valence-corrected chi connectivity index (χ2v) is 5.16. The van der Waals surface area contributed by atoms with Crippen LogP contribution in [0.5, 0.6) is 0 Å². The highest BCUT2D eigenvalue weighted by atomic mass is 16.5. The van der Waals surface area contributed by atoms with E-state index in [2.05, 4.69) is 17.1 Å². The molecule has 2 aliphatic rings. The fraction of sp³-hybridized carbons (Fsp3) is 1.00. The molecule has 0 aromatic carbocycles. The first-order valence-electron chi connectivity index (χ1n) is 6.96. The van der Waals surface area contributed by atoms with Gasteiger partial charge < -0.3 is 10.1 Å². The zero-order valence-corrected chi connectivity index (χ0v) is 10.6. The van der Waals surface area contributed by atoms with Crippen LogP contribution in [0.4, 0.5) is 0 Å². The van der Waals surface area contributed by atoms with E-state index in [0.717, 1.165) is 13.2 Å². The molecule has 16 heavy (non-hydrogen) atoms. The van der Waals surface area contributed by atoms with E-state index >= 15 is 0 Å². The van der Waals surface area contributed by atoms with Crippen molar-refractivity contribution in [2.45, 2.75) is 51.2 Å². The molecule has 2 heterocycles. The number of hydrogen-bond donors (Lipinski definition) is 1. The second-order valence-electron chi connectivity index (χ2n) is 5.16. The first-order chi connectivity index (χ1) is 7.88. The van der Waals surface area contributed by atoms with Crippen LogP contribution in [-0.2, 0) is 4.74 Å². The minimum absolute atomic E-state index is 0.504. The van der Waals surface area contributed by atoms with Crippen molar-refractivity contribution in [3.63, 3.8) is 0 Å². The molecule has 0 bridgehead atoms. The lowest BCUT2D eigenvalue weighted by molar-refractivity contribution is -0.00587. The Morgan fingerprint density at radius 1 is 1.31 bits per heavy atom. The van der Waals surface area contributed by atoms with E-state index in [1.807, 2.05) is 0 Å². The summed E-state index contributed by atoms with van der Waals surface area (Å²) in [4.78, 5) is 2.60. The van der Waals surface area contributed by atoms with Crippen molar-refractivity contribution in [1.29, 1.82) is 0 Å². The van der Waals surface area contributed by atoms with E-state index in [9.17, 15) is 0 Å². The molecule has 0 saturated carbocycles. The summed E-state index contributed by atoms with van der Waals surface area (Å²) in [5, 5.41) is 3.62. The largest absolute Gasteiger partial charge is 0.377 e. The number of nitrogens with one attached hydrogen (secondary N) is 1. The minimum Gasteiger partial charge on any atom is -0.377 e. The molecule has 2 aliphatic heterocycles. The summed E-state index contributed by atoms with van der Waals surface area (Å²) in [6, 6.07) is 0.686. The Morgan fingerprint density at radius 2 is 2.25 bits per heavy atom. The van der Waals surface area contributed by atoms with Crippen LogP contribution in [-0.4, -0.2) is 49.8 Å². The molecular weight excluding hydrogens is 200 g/mol. The van der Waals surface area contributed by atoms with Crippen molar-refractivity contribution in [1.82, 2.24) is 10.2 Å². The highest BCUT2D eigenvalue weighted by Gasteiger charge is 2.21. The van der Waals surface area contributed by atoms with Crippen molar-refractivity contribution >= 4 is 0 Å². The van der Waals surface area contributed by atoms with Crippen molar-refractivity contribution < 1.29 is 4.74 Å². The van der Waals surface area contributed by atoms with Gasteiger partial charge in [-0.25, -0.2) is 0 Å². The molecule has 2 unspecified atom stereocenters. The van der Waals surface area contributed by atoms with Crippen molar-refractivity contribution in [3.05, 3.63) is 0 Å². The van der Waals surface area contributed by atoms with Gasteiger partial charge in [-0.05, 0) is 45.2 Å². The Morgan fingerprint density at radius 3 is 3.00 bits per heavy atom. The lowest BCUT2D eigenvalue weighted by Crippen LogP contribution is -2.41. The predicted octanol–water partition coefficient (Wildman–Crippen LogP) is 1.63. The van der Waals surface area contributed by atoms with E-state index in [1.165, 1.54) is 51.7 Å². The summed E-state index contributed by atoms with van der Waals surface area (Å²) in [5.41, 5.74) is 0. The van der Waals surface area contributed by atoms with Crippen molar-refractivity contribution in [2.24, 2.45) is 0 Å². The molecule has 2 fully saturated rings. The van der Waals surface area contributed by atoms with Gasteiger partial charge in [-0.3, -0.25) is 4.90 Å². The van der Waals surface area contributed by atoms with Crippen LogP contribution in [0, 0.1) is 0 Å². The maximum Gasteiger partial charge on any atom is 0.0702 e. The van der Waals surface area contributed by atoms with Crippen LogP contribution in [0.15, 0.2) is 0 Å². The maximum atomic E-state index is 5.83. The summed E-state index contributed by atoms with van der Waals surface area (Å²) in [5.74, 6) is 0. The van der Waals surface area contributed by atoms with Gasteiger partial charge >= 0.3 is 0 Å². The average Bonchev–Trinajstić information content (AvgIpc) is 2.55. The SMILES string of the molecule is CCC1CN(CC2CCCCO2)CCCN1. The van der Waals surface area contributed by atoms with Crippen LogP contribution < -0.4 is 5.32 Å². The lowest BCUT2D eigenvalue weighted by atomic mass is 10.1. The van der Waals surface area contributed by atoms with Crippen LogP contribution in [0.1, 0.15) is 39.0 Å². The number of ether oxygens (including phenoxy) is 1. The molecule has 94 valence electrons. The third kappa shape index (κ3) is 3.72. The standard InChI is InChI=1S/C13H26N2O/c1-2-12-10-15(8-5-7-14-12)11-13-6-3-4-9-16-13/h12-14H,2-11H2,1H3. The first kappa shape index (κ1) is 12.3. The summed E-state index contributed by atoms with van der Waals surface area (Å²) < 4.78 is 5.83. The predicted molar refractivity (Wildman–Crippen MR) is 66.7 cm³/mol. The molecule has 0 spiro atoms. The van der Waals surface area contributed by atoms with Gasteiger partial charge in [0.15, 0.2) is 0 Å². The first-order valence-corrected chi connectivity index (χ1v) is 6.96. The zero-order chi connectivity index (χ0) is 11.2. The molecule has 1 N–H and O–H groups in total. The lowest BCUT2D eigenvalue weighted by Gasteiger charge is -2.30. The Kier molecular flexibility index (Phi) is 5.07. The summed E-state index contributed by atoms with van der Waals surface area (Å²) >= 11 is 0. The van der Waals surface area contributed by atoms with Gasteiger partial charge in [0.2, 0.25) is 0 Å². The van der Waals surface area contributed by atoms with Crippen LogP contribution in [0.3, 0.4) is 0 Å². The van der Waals surface area contributed by atoms with Gasteiger partial charge in [-0.2, -0.15) is 0 Å². The molecule has 0 aliphatic carbocycles. The fourth-order valence-corrected chi connectivity index (χ4v) is 2.75. The van der Waals surface area contributed by atoms with Crippen molar-refractivity contribution in [2.75, 3.05) is 32.8 Å². The summed E-state index contributed by atoms with van der Waals surface area (Å²) in [6.07, 6.45) is 6.90. The minimum atomic E-state index is 0.504. The monoisotopic (exact) mass is 226 g/mol. The van der Waals surface area contributed by atoms with E-state index in [0.29, 0.717) is 12.1 Å². The van der Waals surface area contributed by atoms with Crippen LogP contribution in [0.2, 0.25) is 0 Å². The topological polar surface area (TPSA) is 24.5 Å². The molecule has 0 amide bonds. The normalized spacial score (nSPS) is 33.6. The van der Waals surface area contributed by atoms with Crippen LogP contribution >= 0.6 is 0 Å². The van der Waals surface area contributed by atoms with E-state index in [1.54, 1.807) is 0 Å². The molecule has 0 aromatic rings. The Bertz CT molecular complexity index is 192. The van der Waals surface area contributed by atoms with Gasteiger partial charge in [0.1, 0.15) is 0 Å². The molecule has 3 heteroatoms. The molecule has 2 saturated heterocycles. The van der Waals surface area contributed by atoms with E-state index < -0.39 is 0 Å². The highest BCUT2D eigenvalue weighted by molar-refractivity contribution is 4.78. The molecule has 3 nitrogen and oxygen atoms in total. The maximum absolute atomic E-state index is 5.83. The van der Waals surface area contributed by atoms with E-state index in [-0.39, 0.29) is 0 Å². The molecule has 2 rings (SSSR count). The second kappa shape index (κ2) is 6.58.